The average molecular weight is 196 g/mol. The van der Waals surface area contributed by atoms with Gasteiger partial charge in [-0.1, -0.05) is 19.6 Å². The van der Waals surface area contributed by atoms with E-state index in [0.717, 1.165) is 25.2 Å². The normalized spacial score (nSPS) is 10.1. The lowest BCUT2D eigenvalue weighted by molar-refractivity contribution is 0.258. The third kappa shape index (κ3) is 3.62. The van der Waals surface area contributed by atoms with Gasteiger partial charge in [-0.3, -0.25) is 0 Å². The van der Waals surface area contributed by atoms with Crippen LogP contribution in [-0.4, -0.2) is 18.1 Å². The lowest BCUT2D eigenvalue weighted by Crippen LogP contribution is -2.13. The van der Waals surface area contributed by atoms with Crippen LogP contribution in [0.25, 0.3) is 0 Å². The van der Waals surface area contributed by atoms with Gasteiger partial charge in [0.05, 0.1) is 5.69 Å². The first kappa shape index (κ1) is 10.8. The molecule has 1 aromatic heterocycles. The van der Waals surface area contributed by atoms with Crippen molar-refractivity contribution in [2.45, 2.75) is 19.9 Å². The molecule has 0 saturated heterocycles. The average Bonchev–Trinajstić information content (AvgIpc) is 2.63. The van der Waals surface area contributed by atoms with E-state index >= 15 is 0 Å². The summed E-state index contributed by atoms with van der Waals surface area (Å²) in [5.74, 6) is 0. The monoisotopic (exact) mass is 196 g/mol. The van der Waals surface area contributed by atoms with Gasteiger partial charge in [0.15, 0.2) is 0 Å². The van der Waals surface area contributed by atoms with Crippen molar-refractivity contribution in [2.75, 3.05) is 13.2 Å². The summed E-state index contributed by atoms with van der Waals surface area (Å²) in [6, 6.07) is 0. The molecule has 0 bridgehead atoms. The Bertz CT molecular complexity index is 271. The van der Waals surface area contributed by atoms with Gasteiger partial charge >= 0.3 is 6.08 Å². The molecule has 0 aliphatic rings. The minimum Gasteiger partial charge on any atom is -0.446 e. The second-order valence-corrected chi connectivity index (χ2v) is 2.88. The van der Waals surface area contributed by atoms with Crippen LogP contribution in [-0.2, 0) is 6.54 Å². The molecule has 1 N–H and O–H groups in total. The van der Waals surface area contributed by atoms with Gasteiger partial charge in [0, 0.05) is 6.54 Å². The number of oxazole rings is 1. The smallest absolute Gasteiger partial charge is 0.394 e. The third-order valence-electron chi connectivity index (χ3n) is 1.59. The van der Waals surface area contributed by atoms with Gasteiger partial charge < -0.3 is 14.5 Å². The molecular weight excluding hydrogens is 180 g/mol. The van der Waals surface area contributed by atoms with Crippen molar-refractivity contribution >= 4 is 0 Å². The van der Waals surface area contributed by atoms with Gasteiger partial charge in [0.1, 0.15) is 12.9 Å². The van der Waals surface area contributed by atoms with Gasteiger partial charge in [-0.15, -0.1) is 0 Å². The Morgan fingerprint density at radius 3 is 3.29 bits per heavy atom. The van der Waals surface area contributed by atoms with Crippen LogP contribution in [0.2, 0.25) is 0 Å². The largest absolute Gasteiger partial charge is 0.446 e. The molecule has 0 fully saturated rings. The Morgan fingerprint density at radius 2 is 2.57 bits per heavy atom. The van der Waals surface area contributed by atoms with E-state index in [4.69, 9.17) is 9.15 Å². The molecule has 1 heterocycles. The summed E-state index contributed by atoms with van der Waals surface area (Å²) < 4.78 is 10.2. The molecule has 1 rings (SSSR count). The summed E-state index contributed by atoms with van der Waals surface area (Å²) in [5.41, 5.74) is 0.859. The van der Waals surface area contributed by atoms with E-state index < -0.39 is 0 Å². The molecule has 0 spiro atoms. The highest BCUT2D eigenvalue weighted by Crippen LogP contribution is 2.09. The number of ether oxygens (including phenoxy) is 1. The summed E-state index contributed by atoms with van der Waals surface area (Å²) >= 11 is 0. The van der Waals surface area contributed by atoms with Gasteiger partial charge in [0.2, 0.25) is 0 Å². The third-order valence-corrected chi connectivity index (χ3v) is 1.59. The molecule has 14 heavy (non-hydrogen) atoms. The first-order valence-corrected chi connectivity index (χ1v) is 4.75. The Kier molecular flexibility index (Phi) is 4.78. The standard InChI is InChI=1S/C10H16N2O2/c1-3-5-11-7-9-8-14-10(12-9)13-6-4-2/h4,8,11H,2-3,5-7H2,1H3. The van der Waals surface area contributed by atoms with Crippen molar-refractivity contribution in [1.82, 2.24) is 10.3 Å². The fourth-order valence-electron chi connectivity index (χ4n) is 0.959. The van der Waals surface area contributed by atoms with E-state index in [1.54, 1.807) is 12.3 Å². The summed E-state index contributed by atoms with van der Waals surface area (Å²) in [4.78, 5) is 4.12. The van der Waals surface area contributed by atoms with Crippen molar-refractivity contribution in [3.8, 4) is 6.08 Å². The molecule has 4 nitrogen and oxygen atoms in total. The van der Waals surface area contributed by atoms with E-state index in [1.807, 2.05) is 0 Å². The van der Waals surface area contributed by atoms with E-state index in [1.165, 1.54) is 0 Å². The minimum atomic E-state index is 0.304. The maximum atomic E-state index is 5.12. The first-order valence-electron chi connectivity index (χ1n) is 4.75. The zero-order chi connectivity index (χ0) is 10.2. The van der Waals surface area contributed by atoms with Crippen LogP contribution in [0.15, 0.2) is 23.3 Å². The molecule has 0 saturated carbocycles. The van der Waals surface area contributed by atoms with Crippen LogP contribution < -0.4 is 10.1 Å². The highest BCUT2D eigenvalue weighted by molar-refractivity contribution is 4.99. The first-order chi connectivity index (χ1) is 6.86. The second-order valence-electron chi connectivity index (χ2n) is 2.88. The maximum Gasteiger partial charge on any atom is 0.394 e. The summed E-state index contributed by atoms with van der Waals surface area (Å²) in [6.07, 6.45) is 4.66. The van der Waals surface area contributed by atoms with E-state index in [0.29, 0.717) is 12.7 Å². The maximum absolute atomic E-state index is 5.12. The van der Waals surface area contributed by atoms with Crippen LogP contribution >= 0.6 is 0 Å². The molecule has 78 valence electrons. The van der Waals surface area contributed by atoms with Crippen LogP contribution in [0.3, 0.4) is 0 Å². The fraction of sp³-hybridized carbons (Fsp3) is 0.500. The van der Waals surface area contributed by atoms with Gasteiger partial charge in [-0.2, -0.15) is 4.98 Å². The zero-order valence-electron chi connectivity index (χ0n) is 8.45. The lowest BCUT2D eigenvalue weighted by Gasteiger charge is -1.97. The molecular formula is C10H16N2O2. The molecule has 0 aromatic carbocycles. The van der Waals surface area contributed by atoms with Crippen LogP contribution in [0.5, 0.6) is 6.08 Å². The number of nitrogens with one attached hydrogen (secondary N) is 1. The zero-order valence-corrected chi connectivity index (χ0v) is 8.45. The van der Waals surface area contributed by atoms with Crippen molar-refractivity contribution < 1.29 is 9.15 Å². The summed E-state index contributed by atoms with van der Waals surface area (Å²) in [6.45, 7) is 7.77. The quantitative estimate of drug-likeness (QED) is 0.533. The minimum absolute atomic E-state index is 0.304. The molecule has 0 atom stereocenters. The van der Waals surface area contributed by atoms with Crippen molar-refractivity contribution in [2.24, 2.45) is 0 Å². The highest BCUT2D eigenvalue weighted by Gasteiger charge is 2.02. The number of aromatic nitrogens is 1. The second kappa shape index (κ2) is 6.21. The van der Waals surface area contributed by atoms with E-state index in [9.17, 15) is 0 Å². The molecule has 0 aliphatic carbocycles. The van der Waals surface area contributed by atoms with Gasteiger partial charge in [-0.05, 0) is 13.0 Å². The van der Waals surface area contributed by atoms with Crippen LogP contribution in [0.4, 0.5) is 0 Å². The molecule has 4 heteroatoms. The summed E-state index contributed by atoms with van der Waals surface area (Å²) in [7, 11) is 0. The number of rotatable bonds is 7. The number of hydrogen-bond donors (Lipinski definition) is 1. The Morgan fingerprint density at radius 1 is 1.71 bits per heavy atom. The predicted molar refractivity (Wildman–Crippen MR) is 54.2 cm³/mol. The van der Waals surface area contributed by atoms with Crippen LogP contribution in [0.1, 0.15) is 19.0 Å². The molecule has 0 radical (unpaired) electrons. The van der Waals surface area contributed by atoms with Crippen molar-refractivity contribution in [3.05, 3.63) is 24.6 Å². The number of hydrogen-bond acceptors (Lipinski definition) is 4. The van der Waals surface area contributed by atoms with E-state index in [-0.39, 0.29) is 0 Å². The highest BCUT2D eigenvalue weighted by atomic mass is 16.6. The Balaban J connectivity index is 2.31. The fourth-order valence-corrected chi connectivity index (χ4v) is 0.959. The predicted octanol–water partition coefficient (Wildman–Crippen LogP) is 1.74. The number of nitrogens with zero attached hydrogens (tertiary/aromatic N) is 1. The topological polar surface area (TPSA) is 47.3 Å². The SMILES string of the molecule is C=CCOc1nc(CNCCC)co1. The Labute approximate surface area is 84.0 Å². The van der Waals surface area contributed by atoms with E-state index in [2.05, 4.69) is 23.8 Å². The summed E-state index contributed by atoms with van der Waals surface area (Å²) in [5, 5.41) is 3.22. The lowest BCUT2D eigenvalue weighted by atomic mass is 10.4. The molecule has 0 unspecified atom stereocenters. The van der Waals surface area contributed by atoms with Crippen LogP contribution in [0, 0.1) is 0 Å². The van der Waals surface area contributed by atoms with Gasteiger partial charge in [0.25, 0.3) is 0 Å². The Hall–Kier alpha value is -1.29. The molecule has 1 aromatic rings. The van der Waals surface area contributed by atoms with Crippen molar-refractivity contribution in [3.63, 3.8) is 0 Å². The van der Waals surface area contributed by atoms with Gasteiger partial charge in [-0.25, -0.2) is 0 Å². The van der Waals surface area contributed by atoms with Crippen molar-refractivity contribution in [1.29, 1.82) is 0 Å². The molecule has 0 aliphatic heterocycles. The molecule has 0 amide bonds.